The molecule has 33 heavy (non-hydrogen) atoms. The largest absolute Gasteiger partial charge is 0.395 e. The van der Waals surface area contributed by atoms with Crippen molar-refractivity contribution >= 4 is 25.7 Å². The van der Waals surface area contributed by atoms with E-state index in [1.54, 1.807) is 0 Å². The zero-order valence-corrected chi connectivity index (χ0v) is 19.4. The van der Waals surface area contributed by atoms with Crippen molar-refractivity contribution in [2.45, 2.75) is 34.7 Å². The molecule has 2 aliphatic rings. The molecule has 2 fully saturated rings. The molecule has 7 N–H and O–H groups in total. The highest BCUT2D eigenvalue weighted by Crippen LogP contribution is 2.38. The van der Waals surface area contributed by atoms with Crippen LogP contribution in [0.15, 0.2) is 21.9 Å². The first-order chi connectivity index (χ1) is 15.7. The van der Waals surface area contributed by atoms with Crippen LogP contribution in [-0.2, 0) is 20.0 Å². The second-order valence-electron chi connectivity index (χ2n) is 7.99. The van der Waals surface area contributed by atoms with E-state index in [4.69, 9.17) is 5.14 Å². The second-order valence-corrected chi connectivity index (χ2v) is 11.2. The van der Waals surface area contributed by atoms with E-state index < -0.39 is 29.8 Å². The molecule has 0 bridgehead atoms. The summed E-state index contributed by atoms with van der Waals surface area (Å²) >= 11 is 0. The summed E-state index contributed by atoms with van der Waals surface area (Å²) in [6.45, 7) is 2.53. The molecule has 4 rings (SSSR count). The zero-order chi connectivity index (χ0) is 23.6. The lowest BCUT2D eigenvalue weighted by atomic mass is 10.1. The third kappa shape index (κ3) is 5.16. The first kappa shape index (κ1) is 23.9. The standard InChI is InChI=1S/C17H27N9O5S2/c18-32(28,29)16-14(33(30,31)23-11-3-5-19-9-11)2-1-13(15(16)17-21-24-25-22-17)26-7-4-12(10-27)20-6-8-26/h1-2,11-12,19-20,23,27H,3-10H2,(H2,18,28,29)(H,21,22,24,25)/t11-,12?/m1/s1. The van der Waals surface area contributed by atoms with Crippen LogP contribution < -0.4 is 25.4 Å². The Balaban J connectivity index is 1.87. The molecule has 2 aromatic rings. The van der Waals surface area contributed by atoms with Crippen molar-refractivity contribution in [1.29, 1.82) is 0 Å². The van der Waals surface area contributed by atoms with Crippen molar-refractivity contribution in [3.8, 4) is 11.4 Å². The summed E-state index contributed by atoms with van der Waals surface area (Å²) in [7, 11) is -8.77. The highest BCUT2D eigenvalue weighted by atomic mass is 32.2. The molecule has 0 saturated carbocycles. The molecule has 1 aromatic carbocycles. The lowest BCUT2D eigenvalue weighted by Gasteiger charge is -2.26. The maximum absolute atomic E-state index is 13.2. The van der Waals surface area contributed by atoms with Crippen molar-refractivity contribution in [3.05, 3.63) is 12.1 Å². The Hall–Kier alpha value is -2.21. The number of sulfonamides is 2. The third-order valence-electron chi connectivity index (χ3n) is 5.75. The van der Waals surface area contributed by atoms with Crippen LogP contribution in [0.4, 0.5) is 5.69 Å². The summed E-state index contributed by atoms with van der Waals surface area (Å²) in [6.07, 6.45) is 1.16. The number of hydrogen-bond donors (Lipinski definition) is 6. The predicted molar refractivity (Wildman–Crippen MR) is 118 cm³/mol. The van der Waals surface area contributed by atoms with E-state index in [1.807, 2.05) is 4.90 Å². The molecule has 0 radical (unpaired) electrons. The van der Waals surface area contributed by atoms with Crippen LogP contribution in [0, 0.1) is 0 Å². The number of nitrogens with one attached hydrogen (secondary N) is 4. The zero-order valence-electron chi connectivity index (χ0n) is 17.7. The van der Waals surface area contributed by atoms with Gasteiger partial charge >= 0.3 is 0 Å². The first-order valence-electron chi connectivity index (χ1n) is 10.5. The molecule has 2 atom stereocenters. The van der Waals surface area contributed by atoms with Gasteiger partial charge < -0.3 is 20.6 Å². The fraction of sp³-hybridized carbons (Fsp3) is 0.588. The van der Waals surface area contributed by atoms with Crippen LogP contribution in [0.25, 0.3) is 11.4 Å². The number of aromatic amines is 1. The van der Waals surface area contributed by atoms with E-state index in [9.17, 15) is 21.9 Å². The van der Waals surface area contributed by atoms with Crippen molar-refractivity contribution in [2.75, 3.05) is 44.2 Å². The smallest absolute Gasteiger partial charge is 0.242 e. The molecule has 1 aromatic heterocycles. The summed E-state index contributed by atoms with van der Waals surface area (Å²) in [5.74, 6) is -0.0930. The maximum Gasteiger partial charge on any atom is 0.242 e. The van der Waals surface area contributed by atoms with Crippen LogP contribution >= 0.6 is 0 Å². The van der Waals surface area contributed by atoms with Gasteiger partial charge in [0.15, 0.2) is 0 Å². The quantitative estimate of drug-likeness (QED) is 0.230. The Labute approximate surface area is 191 Å². The van der Waals surface area contributed by atoms with Gasteiger partial charge in [-0.05, 0) is 36.7 Å². The number of benzene rings is 1. The number of H-pyrrole nitrogens is 1. The highest BCUT2D eigenvalue weighted by Gasteiger charge is 2.34. The number of hydrogen-bond acceptors (Lipinski definition) is 11. The molecular weight excluding hydrogens is 474 g/mol. The van der Waals surface area contributed by atoms with Crippen molar-refractivity contribution in [1.82, 2.24) is 36.0 Å². The normalized spacial score (nSPS) is 22.4. The lowest BCUT2D eigenvalue weighted by Crippen LogP contribution is -2.37. The fourth-order valence-corrected chi connectivity index (χ4v) is 7.03. The Morgan fingerprint density at radius 1 is 1.18 bits per heavy atom. The van der Waals surface area contributed by atoms with Gasteiger partial charge in [-0.3, -0.25) is 0 Å². The molecule has 3 heterocycles. The SMILES string of the molecule is NS(=O)(=O)c1c(S(=O)(=O)N[C@@H]2CCNC2)ccc(N2CCNC(CO)CC2)c1-c1nn[nH]n1. The molecule has 2 aliphatic heterocycles. The number of nitrogens with two attached hydrogens (primary N) is 1. The van der Waals surface area contributed by atoms with Gasteiger partial charge in [0.2, 0.25) is 25.9 Å². The second kappa shape index (κ2) is 9.57. The van der Waals surface area contributed by atoms with Gasteiger partial charge in [-0.15, -0.1) is 10.2 Å². The van der Waals surface area contributed by atoms with E-state index in [0.717, 1.165) is 0 Å². The summed E-state index contributed by atoms with van der Waals surface area (Å²) < 4.78 is 54.6. The molecule has 182 valence electrons. The van der Waals surface area contributed by atoms with Gasteiger partial charge in [-0.25, -0.2) is 26.7 Å². The molecule has 0 spiro atoms. The lowest BCUT2D eigenvalue weighted by molar-refractivity contribution is 0.242. The maximum atomic E-state index is 13.2. The van der Waals surface area contributed by atoms with E-state index in [0.29, 0.717) is 51.3 Å². The monoisotopic (exact) mass is 501 g/mol. The Morgan fingerprint density at radius 2 is 2.00 bits per heavy atom. The Kier molecular flexibility index (Phi) is 6.94. The van der Waals surface area contributed by atoms with Crippen molar-refractivity contribution in [2.24, 2.45) is 5.14 Å². The van der Waals surface area contributed by atoms with Crippen LogP contribution in [0.2, 0.25) is 0 Å². The predicted octanol–water partition coefficient (Wildman–Crippen LogP) is -2.69. The van der Waals surface area contributed by atoms with Gasteiger partial charge in [-0.2, -0.15) is 5.21 Å². The van der Waals surface area contributed by atoms with Gasteiger partial charge in [0.05, 0.1) is 12.2 Å². The first-order valence-corrected chi connectivity index (χ1v) is 13.5. The molecule has 16 heteroatoms. The molecular formula is C17H27N9O5S2. The number of anilines is 1. The van der Waals surface area contributed by atoms with Crippen LogP contribution in [0.5, 0.6) is 0 Å². The van der Waals surface area contributed by atoms with Gasteiger partial charge in [0, 0.05) is 44.0 Å². The Morgan fingerprint density at radius 3 is 2.64 bits per heavy atom. The summed E-state index contributed by atoms with van der Waals surface area (Å²) in [4.78, 5) is 0.825. The summed E-state index contributed by atoms with van der Waals surface area (Å²) in [5.41, 5.74) is 0.364. The molecule has 0 aliphatic carbocycles. The minimum absolute atomic E-state index is 0.0349. The number of aliphatic hydroxyl groups excluding tert-OH is 1. The van der Waals surface area contributed by atoms with Crippen molar-refractivity contribution in [3.63, 3.8) is 0 Å². The van der Waals surface area contributed by atoms with Gasteiger partial charge in [-0.1, -0.05) is 0 Å². The average Bonchev–Trinajstić information content (AvgIpc) is 3.42. The fourth-order valence-electron chi connectivity index (χ4n) is 4.16. The number of nitrogens with zero attached hydrogens (tertiary/aromatic N) is 4. The van der Waals surface area contributed by atoms with E-state index in [-0.39, 0.29) is 30.1 Å². The number of aliphatic hydroxyl groups is 1. The molecule has 1 unspecified atom stereocenters. The van der Waals surface area contributed by atoms with Crippen LogP contribution in [0.3, 0.4) is 0 Å². The number of aromatic nitrogens is 4. The molecule has 14 nitrogen and oxygen atoms in total. The number of tetrazole rings is 1. The molecule has 0 amide bonds. The van der Waals surface area contributed by atoms with Crippen LogP contribution in [0.1, 0.15) is 12.8 Å². The number of rotatable bonds is 7. The van der Waals surface area contributed by atoms with E-state index in [1.165, 1.54) is 12.1 Å². The topological polar surface area (TPSA) is 208 Å². The average molecular weight is 502 g/mol. The van der Waals surface area contributed by atoms with Gasteiger partial charge in [0.25, 0.3) is 0 Å². The highest BCUT2D eigenvalue weighted by molar-refractivity contribution is 7.92. The minimum atomic E-state index is -4.53. The van der Waals surface area contributed by atoms with Gasteiger partial charge in [0.1, 0.15) is 9.79 Å². The summed E-state index contributed by atoms with van der Waals surface area (Å²) in [5, 5.41) is 35.0. The number of primary sulfonamides is 1. The Bertz CT molecular complexity index is 1180. The molecule has 2 saturated heterocycles. The van der Waals surface area contributed by atoms with E-state index >= 15 is 0 Å². The van der Waals surface area contributed by atoms with Crippen LogP contribution in [-0.4, -0.2) is 94.0 Å². The van der Waals surface area contributed by atoms with Crippen molar-refractivity contribution < 1.29 is 21.9 Å². The minimum Gasteiger partial charge on any atom is -0.395 e. The summed E-state index contributed by atoms with van der Waals surface area (Å²) in [6, 6.07) is 2.29. The van der Waals surface area contributed by atoms with E-state index in [2.05, 4.69) is 36.0 Å². The third-order valence-corrected chi connectivity index (χ3v) is 8.43.